The van der Waals surface area contributed by atoms with Crippen molar-refractivity contribution in [1.82, 2.24) is 5.32 Å². The van der Waals surface area contributed by atoms with E-state index in [2.05, 4.69) is 41.7 Å². The molecular formula is C15H18N2. The molecule has 2 heteroatoms. The van der Waals surface area contributed by atoms with Gasteiger partial charge >= 0.3 is 0 Å². The number of hydrogen-bond donors (Lipinski definition) is 1. The highest BCUT2D eigenvalue weighted by molar-refractivity contribution is 5.27. The van der Waals surface area contributed by atoms with E-state index in [1.165, 1.54) is 18.4 Å². The van der Waals surface area contributed by atoms with Crippen LogP contribution in [-0.4, -0.2) is 12.6 Å². The van der Waals surface area contributed by atoms with Crippen LogP contribution in [-0.2, 0) is 0 Å². The zero-order valence-corrected chi connectivity index (χ0v) is 10.0. The van der Waals surface area contributed by atoms with Crippen molar-refractivity contribution in [1.29, 1.82) is 5.26 Å². The molecule has 88 valence electrons. The van der Waals surface area contributed by atoms with Gasteiger partial charge in [0.1, 0.15) is 0 Å². The van der Waals surface area contributed by atoms with Gasteiger partial charge in [-0.3, -0.25) is 0 Å². The molecule has 2 atom stereocenters. The molecule has 2 nitrogen and oxygen atoms in total. The molecule has 0 spiro atoms. The highest BCUT2D eigenvalue weighted by Crippen LogP contribution is 2.43. The standard InChI is InChI=1S/C15H18N2/c16-10-15(7-4-8-15)11-17-14-9-13(14)12-5-2-1-3-6-12/h1-3,5-6,13-14,17H,4,7-9,11H2/t13?,14-/m0/s1. The van der Waals surface area contributed by atoms with E-state index in [1.54, 1.807) is 0 Å². The van der Waals surface area contributed by atoms with E-state index >= 15 is 0 Å². The molecule has 1 unspecified atom stereocenters. The maximum Gasteiger partial charge on any atom is 0.0703 e. The normalized spacial score (nSPS) is 29.1. The summed E-state index contributed by atoms with van der Waals surface area (Å²) < 4.78 is 0. The Kier molecular flexibility index (Phi) is 2.64. The first kappa shape index (κ1) is 10.8. The number of nitrogens with one attached hydrogen (secondary N) is 1. The molecule has 0 aliphatic heterocycles. The second-order valence-corrected chi connectivity index (χ2v) is 5.49. The number of nitrogens with zero attached hydrogens (tertiary/aromatic N) is 1. The maximum atomic E-state index is 9.16. The van der Waals surface area contributed by atoms with Crippen molar-refractivity contribution < 1.29 is 0 Å². The van der Waals surface area contributed by atoms with E-state index in [0.29, 0.717) is 12.0 Å². The summed E-state index contributed by atoms with van der Waals surface area (Å²) in [7, 11) is 0. The van der Waals surface area contributed by atoms with E-state index in [0.717, 1.165) is 19.4 Å². The van der Waals surface area contributed by atoms with Crippen LogP contribution in [0, 0.1) is 16.7 Å². The van der Waals surface area contributed by atoms with Crippen molar-refractivity contribution in [3.63, 3.8) is 0 Å². The topological polar surface area (TPSA) is 35.8 Å². The van der Waals surface area contributed by atoms with Crippen molar-refractivity contribution in [3.05, 3.63) is 35.9 Å². The van der Waals surface area contributed by atoms with Crippen molar-refractivity contribution in [2.75, 3.05) is 6.54 Å². The van der Waals surface area contributed by atoms with Crippen LogP contribution in [0.2, 0.25) is 0 Å². The molecule has 1 aromatic rings. The largest absolute Gasteiger partial charge is 0.312 e. The second kappa shape index (κ2) is 4.16. The van der Waals surface area contributed by atoms with Gasteiger partial charge in [-0.15, -0.1) is 0 Å². The molecule has 0 radical (unpaired) electrons. The molecule has 3 rings (SSSR count). The third kappa shape index (κ3) is 2.08. The molecule has 2 saturated carbocycles. The third-order valence-electron chi connectivity index (χ3n) is 4.27. The van der Waals surface area contributed by atoms with Gasteiger partial charge in [-0.2, -0.15) is 5.26 Å². The molecule has 1 aromatic carbocycles. The maximum absolute atomic E-state index is 9.16. The molecule has 0 heterocycles. The molecule has 0 saturated heterocycles. The molecule has 2 fully saturated rings. The first-order valence-corrected chi connectivity index (χ1v) is 6.53. The van der Waals surface area contributed by atoms with E-state index in [9.17, 15) is 0 Å². The zero-order chi connectivity index (χ0) is 11.7. The van der Waals surface area contributed by atoms with Crippen LogP contribution in [0.5, 0.6) is 0 Å². The minimum Gasteiger partial charge on any atom is -0.312 e. The predicted octanol–water partition coefficient (Wildman–Crippen LogP) is 2.83. The molecule has 17 heavy (non-hydrogen) atoms. The SMILES string of the molecule is N#CC1(CN[C@H]2CC2c2ccccc2)CCC1. The van der Waals surface area contributed by atoms with E-state index in [-0.39, 0.29) is 5.41 Å². The smallest absolute Gasteiger partial charge is 0.0703 e. The summed E-state index contributed by atoms with van der Waals surface area (Å²) >= 11 is 0. The summed E-state index contributed by atoms with van der Waals surface area (Å²) in [5.74, 6) is 0.673. The Hall–Kier alpha value is -1.33. The Balaban J connectivity index is 1.52. The Morgan fingerprint density at radius 3 is 2.65 bits per heavy atom. The Morgan fingerprint density at radius 2 is 2.06 bits per heavy atom. The van der Waals surface area contributed by atoms with Gasteiger partial charge in [0.15, 0.2) is 0 Å². The molecule has 0 amide bonds. The van der Waals surface area contributed by atoms with Crippen LogP contribution >= 0.6 is 0 Å². The summed E-state index contributed by atoms with van der Waals surface area (Å²) in [5, 5.41) is 12.7. The fourth-order valence-corrected chi connectivity index (χ4v) is 2.75. The average Bonchev–Trinajstić information content (AvgIpc) is 3.09. The number of hydrogen-bond acceptors (Lipinski definition) is 2. The fraction of sp³-hybridized carbons (Fsp3) is 0.533. The molecule has 1 N–H and O–H groups in total. The summed E-state index contributed by atoms with van der Waals surface area (Å²) in [6.07, 6.45) is 4.62. The summed E-state index contributed by atoms with van der Waals surface area (Å²) in [6, 6.07) is 13.8. The van der Waals surface area contributed by atoms with Crippen LogP contribution in [0.4, 0.5) is 0 Å². The molecule has 0 bridgehead atoms. The van der Waals surface area contributed by atoms with Crippen LogP contribution < -0.4 is 5.32 Å². The second-order valence-electron chi connectivity index (χ2n) is 5.49. The monoisotopic (exact) mass is 226 g/mol. The number of benzene rings is 1. The number of nitriles is 1. The first-order valence-electron chi connectivity index (χ1n) is 6.53. The Labute approximate surface area is 103 Å². The quantitative estimate of drug-likeness (QED) is 0.857. The van der Waals surface area contributed by atoms with Gasteiger partial charge in [0.05, 0.1) is 11.5 Å². The zero-order valence-electron chi connectivity index (χ0n) is 10.0. The van der Waals surface area contributed by atoms with Crippen LogP contribution in [0.1, 0.15) is 37.2 Å². The summed E-state index contributed by atoms with van der Waals surface area (Å²) in [6.45, 7) is 0.886. The minimum absolute atomic E-state index is 0.0379. The lowest BCUT2D eigenvalue weighted by atomic mass is 9.70. The minimum atomic E-state index is -0.0379. The van der Waals surface area contributed by atoms with Crippen molar-refractivity contribution >= 4 is 0 Å². The van der Waals surface area contributed by atoms with Crippen LogP contribution in [0.15, 0.2) is 30.3 Å². The highest BCUT2D eigenvalue weighted by atomic mass is 15.0. The van der Waals surface area contributed by atoms with Gasteiger partial charge in [0, 0.05) is 18.5 Å². The van der Waals surface area contributed by atoms with E-state index in [4.69, 9.17) is 5.26 Å². The Morgan fingerprint density at radius 1 is 1.29 bits per heavy atom. The van der Waals surface area contributed by atoms with Crippen LogP contribution in [0.25, 0.3) is 0 Å². The van der Waals surface area contributed by atoms with E-state index < -0.39 is 0 Å². The summed E-state index contributed by atoms with van der Waals surface area (Å²) in [5.41, 5.74) is 1.40. The van der Waals surface area contributed by atoms with Gasteiger partial charge in [0.25, 0.3) is 0 Å². The number of rotatable bonds is 4. The van der Waals surface area contributed by atoms with Gasteiger partial charge in [-0.05, 0) is 24.8 Å². The lowest BCUT2D eigenvalue weighted by Gasteiger charge is -2.35. The molecule has 2 aliphatic rings. The van der Waals surface area contributed by atoms with Crippen molar-refractivity contribution in [2.24, 2.45) is 5.41 Å². The lowest BCUT2D eigenvalue weighted by molar-refractivity contribution is 0.206. The fourth-order valence-electron chi connectivity index (χ4n) is 2.75. The van der Waals surface area contributed by atoms with Crippen molar-refractivity contribution in [2.45, 2.75) is 37.6 Å². The molecular weight excluding hydrogens is 208 g/mol. The van der Waals surface area contributed by atoms with Gasteiger partial charge in [-0.1, -0.05) is 36.8 Å². The molecule has 2 aliphatic carbocycles. The molecule has 0 aromatic heterocycles. The van der Waals surface area contributed by atoms with Crippen LogP contribution in [0.3, 0.4) is 0 Å². The van der Waals surface area contributed by atoms with Crippen molar-refractivity contribution in [3.8, 4) is 6.07 Å². The summed E-state index contributed by atoms with van der Waals surface area (Å²) in [4.78, 5) is 0. The Bertz CT molecular complexity index is 428. The van der Waals surface area contributed by atoms with Gasteiger partial charge in [-0.25, -0.2) is 0 Å². The van der Waals surface area contributed by atoms with Gasteiger partial charge in [0.2, 0.25) is 0 Å². The highest BCUT2D eigenvalue weighted by Gasteiger charge is 2.42. The third-order valence-corrected chi connectivity index (χ3v) is 4.27. The lowest BCUT2D eigenvalue weighted by Crippen LogP contribution is -2.39. The van der Waals surface area contributed by atoms with Gasteiger partial charge < -0.3 is 5.32 Å². The van der Waals surface area contributed by atoms with E-state index in [1.807, 2.05) is 0 Å². The predicted molar refractivity (Wildman–Crippen MR) is 67.5 cm³/mol. The first-order chi connectivity index (χ1) is 8.33. The average molecular weight is 226 g/mol.